The van der Waals surface area contributed by atoms with Gasteiger partial charge in [-0.25, -0.2) is 0 Å². The van der Waals surface area contributed by atoms with E-state index in [9.17, 15) is 9.59 Å². The molecule has 0 aromatic heterocycles. The van der Waals surface area contributed by atoms with Crippen LogP contribution >= 0.6 is 69.6 Å². The van der Waals surface area contributed by atoms with E-state index in [1.807, 2.05) is 6.92 Å². The Morgan fingerprint density at radius 1 is 0.962 bits per heavy atom. The van der Waals surface area contributed by atoms with E-state index in [0.29, 0.717) is 6.54 Å². The summed E-state index contributed by atoms with van der Waals surface area (Å²) in [5, 5.41) is -0.105. The largest absolute Gasteiger partial charge is 0.282 e. The average molecular weight is 482 g/mol. The number of fused-ring (bicyclic) bond motifs is 5. The second-order valence-electron chi connectivity index (χ2n) is 7.28. The highest BCUT2D eigenvalue weighted by Gasteiger charge is 2.87. The monoisotopic (exact) mass is 479 g/mol. The molecule has 3 nitrogen and oxygen atoms in total. The minimum Gasteiger partial charge on any atom is -0.282 e. The lowest BCUT2D eigenvalue weighted by Gasteiger charge is -2.35. The molecule has 5 unspecified atom stereocenters. The van der Waals surface area contributed by atoms with Gasteiger partial charge in [0.2, 0.25) is 11.8 Å². The molecule has 1 saturated heterocycles. The SMILES string of the molecule is CCCCC(CC)CN1C(=O)C2C(C1=O)C1(Cl)C(Cl)=C(Cl)C2(Cl)C1(Cl)Cl. The maximum Gasteiger partial charge on any atom is 0.235 e. The smallest absolute Gasteiger partial charge is 0.235 e. The molecule has 5 atom stereocenters. The van der Waals surface area contributed by atoms with Crippen molar-refractivity contribution >= 4 is 81.4 Å². The van der Waals surface area contributed by atoms with Crippen LogP contribution in [0.5, 0.6) is 0 Å². The lowest BCUT2D eigenvalue weighted by Crippen LogP contribution is -2.50. The van der Waals surface area contributed by atoms with Crippen LogP contribution in [-0.4, -0.2) is 37.3 Å². The Balaban J connectivity index is 1.98. The first-order valence-corrected chi connectivity index (χ1v) is 11.0. The lowest BCUT2D eigenvalue weighted by atomic mass is 9.84. The summed E-state index contributed by atoms with van der Waals surface area (Å²) in [6, 6.07) is 0. The predicted molar refractivity (Wildman–Crippen MR) is 107 cm³/mol. The number of hydrogen-bond donors (Lipinski definition) is 0. The van der Waals surface area contributed by atoms with E-state index in [0.717, 1.165) is 25.7 Å². The number of rotatable bonds is 6. The minimum atomic E-state index is -1.86. The molecular weight excluding hydrogens is 463 g/mol. The van der Waals surface area contributed by atoms with Crippen LogP contribution in [0.15, 0.2) is 10.1 Å². The third-order valence-electron chi connectivity index (χ3n) is 5.98. The number of unbranched alkanes of at least 4 members (excludes halogenated alkanes) is 1. The Morgan fingerprint density at radius 3 is 1.81 bits per heavy atom. The number of hydrogen-bond acceptors (Lipinski definition) is 2. The van der Waals surface area contributed by atoms with Crippen molar-refractivity contribution in [2.24, 2.45) is 17.8 Å². The zero-order valence-electron chi connectivity index (χ0n) is 14.3. The van der Waals surface area contributed by atoms with Crippen molar-refractivity contribution in [2.75, 3.05) is 6.54 Å². The number of halogens is 6. The Kier molecular flexibility index (Phi) is 5.62. The molecule has 0 N–H and O–H groups in total. The van der Waals surface area contributed by atoms with Gasteiger partial charge in [0, 0.05) is 6.54 Å². The third-order valence-corrected chi connectivity index (χ3v) is 10.2. The quantitative estimate of drug-likeness (QED) is 0.363. The van der Waals surface area contributed by atoms with Crippen LogP contribution in [0.2, 0.25) is 0 Å². The fraction of sp³-hybridized carbons (Fsp3) is 0.765. The second kappa shape index (κ2) is 6.85. The zero-order chi connectivity index (χ0) is 19.7. The molecule has 0 aromatic rings. The average Bonchev–Trinajstić information content (AvgIpc) is 2.97. The number of nitrogens with zero attached hydrogens (tertiary/aromatic N) is 1. The molecule has 3 rings (SSSR count). The van der Waals surface area contributed by atoms with E-state index < -0.39 is 37.7 Å². The number of carbonyl (C=O) groups excluding carboxylic acids is 2. The molecule has 2 fully saturated rings. The van der Waals surface area contributed by atoms with Crippen LogP contribution in [-0.2, 0) is 9.59 Å². The summed E-state index contributed by atoms with van der Waals surface area (Å²) in [6.45, 7) is 4.47. The third kappa shape index (κ3) is 2.34. The van der Waals surface area contributed by atoms with Crippen molar-refractivity contribution < 1.29 is 9.59 Å². The number of alkyl halides is 4. The Morgan fingerprint density at radius 2 is 1.42 bits per heavy atom. The van der Waals surface area contributed by atoms with E-state index in [1.54, 1.807) is 0 Å². The van der Waals surface area contributed by atoms with Gasteiger partial charge in [-0.05, 0) is 12.3 Å². The molecular formula is C17H19Cl6NO2. The number of amides is 2. The Bertz CT molecular complexity index is 649. The van der Waals surface area contributed by atoms with Crippen LogP contribution < -0.4 is 0 Å². The van der Waals surface area contributed by atoms with Crippen LogP contribution in [0.25, 0.3) is 0 Å². The van der Waals surface area contributed by atoms with Gasteiger partial charge in [-0.3, -0.25) is 14.5 Å². The van der Waals surface area contributed by atoms with Crippen molar-refractivity contribution in [3.8, 4) is 0 Å². The molecule has 2 bridgehead atoms. The van der Waals surface area contributed by atoms with Crippen molar-refractivity contribution in [1.82, 2.24) is 4.90 Å². The van der Waals surface area contributed by atoms with Crippen molar-refractivity contribution in [3.05, 3.63) is 10.1 Å². The number of imide groups is 1. The molecule has 0 spiro atoms. The van der Waals surface area contributed by atoms with Crippen molar-refractivity contribution in [2.45, 2.75) is 53.6 Å². The zero-order valence-corrected chi connectivity index (χ0v) is 18.8. The first kappa shape index (κ1) is 21.3. The van der Waals surface area contributed by atoms with Crippen molar-refractivity contribution in [3.63, 3.8) is 0 Å². The first-order valence-electron chi connectivity index (χ1n) is 8.68. The Hall–Kier alpha value is 0.620. The number of carbonyl (C=O) groups is 2. The fourth-order valence-corrected chi connectivity index (χ4v) is 7.34. The van der Waals surface area contributed by atoms with E-state index >= 15 is 0 Å². The Labute approximate surface area is 183 Å². The van der Waals surface area contributed by atoms with Crippen LogP contribution in [0, 0.1) is 17.8 Å². The van der Waals surface area contributed by atoms with E-state index in [1.165, 1.54) is 4.90 Å². The number of allylic oxidation sites excluding steroid dienone is 2. The summed E-state index contributed by atoms with van der Waals surface area (Å²) in [5.74, 6) is -2.70. The normalized spacial score (nSPS) is 39.2. The molecule has 0 aromatic carbocycles. The fourth-order valence-electron chi connectivity index (χ4n) is 4.41. The molecule has 0 radical (unpaired) electrons. The molecule has 146 valence electrons. The van der Waals surface area contributed by atoms with Gasteiger partial charge >= 0.3 is 0 Å². The summed E-state index contributed by atoms with van der Waals surface area (Å²) in [7, 11) is 0. The standard InChI is InChI=1S/C17H19Cl6NO2/c1-3-5-6-8(4-2)7-24-13(25)9-10(14(24)26)16(21)12(19)11(18)15(9,20)17(16,22)23/h8-10H,3-7H2,1-2H3. The molecule has 1 saturated carbocycles. The highest BCUT2D eigenvalue weighted by atomic mass is 35.5. The van der Waals surface area contributed by atoms with Crippen LogP contribution in [0.1, 0.15) is 39.5 Å². The molecule has 1 aliphatic heterocycles. The lowest BCUT2D eigenvalue weighted by molar-refractivity contribution is -0.141. The van der Waals surface area contributed by atoms with Crippen molar-refractivity contribution in [1.29, 1.82) is 0 Å². The van der Waals surface area contributed by atoms with Gasteiger partial charge in [-0.2, -0.15) is 0 Å². The summed E-state index contributed by atoms with van der Waals surface area (Å²) in [6.07, 6.45) is 3.88. The summed E-state index contributed by atoms with van der Waals surface area (Å²) in [5.41, 5.74) is 0. The van der Waals surface area contributed by atoms with Gasteiger partial charge in [-0.15, -0.1) is 23.2 Å². The summed E-state index contributed by atoms with van der Waals surface area (Å²) in [4.78, 5) is 24.1. The molecule has 9 heteroatoms. The van der Waals surface area contributed by atoms with Crippen LogP contribution in [0.3, 0.4) is 0 Å². The maximum absolute atomic E-state index is 13.1. The van der Waals surface area contributed by atoms with Gasteiger partial charge in [0.25, 0.3) is 0 Å². The highest BCUT2D eigenvalue weighted by molar-refractivity contribution is 6.66. The minimum absolute atomic E-state index is 0.0527. The highest BCUT2D eigenvalue weighted by Crippen LogP contribution is 2.77. The van der Waals surface area contributed by atoms with E-state index in [2.05, 4.69) is 6.92 Å². The van der Waals surface area contributed by atoms with Crippen LogP contribution in [0.4, 0.5) is 0 Å². The van der Waals surface area contributed by atoms with Gasteiger partial charge in [0.05, 0.1) is 21.9 Å². The topological polar surface area (TPSA) is 37.4 Å². The maximum atomic E-state index is 13.1. The molecule has 3 aliphatic rings. The summed E-state index contributed by atoms with van der Waals surface area (Å²) < 4.78 is -1.86. The molecule has 2 amide bonds. The van der Waals surface area contributed by atoms with Gasteiger partial charge in [-0.1, -0.05) is 79.5 Å². The van der Waals surface area contributed by atoms with Gasteiger partial charge in [0.15, 0.2) is 4.33 Å². The first-order chi connectivity index (χ1) is 12.0. The van der Waals surface area contributed by atoms with E-state index in [-0.39, 0.29) is 16.0 Å². The van der Waals surface area contributed by atoms with Gasteiger partial charge < -0.3 is 0 Å². The molecule has 2 aliphatic carbocycles. The number of likely N-dealkylation sites (tertiary alicyclic amines) is 1. The molecule has 1 heterocycles. The van der Waals surface area contributed by atoms with Gasteiger partial charge in [0.1, 0.15) is 9.75 Å². The predicted octanol–water partition coefficient (Wildman–Crippen LogP) is 5.65. The second-order valence-corrected chi connectivity index (χ2v) is 10.6. The molecule has 26 heavy (non-hydrogen) atoms. The summed E-state index contributed by atoms with van der Waals surface area (Å²) >= 11 is 38.8. The van der Waals surface area contributed by atoms with E-state index in [4.69, 9.17) is 69.6 Å².